The van der Waals surface area contributed by atoms with E-state index in [-0.39, 0.29) is 12.4 Å². The molecule has 54 valence electrons. The van der Waals surface area contributed by atoms with Crippen molar-refractivity contribution in [1.29, 1.82) is 0 Å². The maximum atomic E-state index is 9.78. The van der Waals surface area contributed by atoms with Crippen LogP contribution in [0.1, 0.15) is 0 Å². The number of hydrogen-bond acceptors (Lipinski definition) is 4. The van der Waals surface area contributed by atoms with E-state index in [2.05, 4.69) is 10.5 Å². The quantitative estimate of drug-likeness (QED) is 0.523. The molecule has 0 spiro atoms. The third-order valence-electron chi connectivity index (χ3n) is 0.494. The Kier molecular flexibility index (Phi) is 3.98. The second-order valence-electron chi connectivity index (χ2n) is 1.18. The van der Waals surface area contributed by atoms with Crippen LogP contribution in [-0.4, -0.2) is 27.2 Å². The molecule has 0 fully saturated rings. The van der Waals surface area contributed by atoms with Crippen molar-refractivity contribution >= 4 is 17.2 Å². The number of carbonyl (C=O) groups excluding carboxylic acids is 1. The van der Waals surface area contributed by atoms with Gasteiger partial charge in [-0.1, -0.05) is 11.1 Å². The standard InChI is InChI=1S/C3H7NO4S/c4-3(5)8-1-2-9(6)7/h1-2H2,(H2,4,5)(H,6,7)/p-1. The third kappa shape index (κ3) is 7.38. The molecule has 2 N–H and O–H groups in total. The molecule has 1 atom stereocenters. The number of primary amides is 1. The number of hydrogen-bond donors (Lipinski definition) is 1. The van der Waals surface area contributed by atoms with E-state index in [1.807, 2.05) is 0 Å². The molecule has 0 aromatic carbocycles. The molecule has 6 heteroatoms. The molecule has 0 radical (unpaired) electrons. The molecule has 0 bridgehead atoms. The first-order valence-corrected chi connectivity index (χ1v) is 3.35. The van der Waals surface area contributed by atoms with Crippen LogP contribution in [-0.2, 0) is 15.8 Å². The van der Waals surface area contributed by atoms with Crippen LogP contribution in [0.2, 0.25) is 0 Å². The Morgan fingerprint density at radius 2 is 2.33 bits per heavy atom. The zero-order valence-electron chi connectivity index (χ0n) is 4.53. The molecule has 1 unspecified atom stereocenters. The number of amides is 1. The predicted octanol–water partition coefficient (Wildman–Crippen LogP) is -1.04. The first-order valence-electron chi connectivity index (χ1n) is 2.11. The summed E-state index contributed by atoms with van der Waals surface area (Å²) in [6.07, 6.45) is -0.958. The van der Waals surface area contributed by atoms with E-state index >= 15 is 0 Å². The first-order chi connectivity index (χ1) is 4.13. The molecule has 0 rings (SSSR count). The zero-order chi connectivity index (χ0) is 7.28. The van der Waals surface area contributed by atoms with Crippen LogP contribution in [0.4, 0.5) is 4.79 Å². The fourth-order valence-corrected chi connectivity index (χ4v) is 0.430. The van der Waals surface area contributed by atoms with Crippen LogP contribution in [0.5, 0.6) is 0 Å². The Labute approximate surface area is 54.5 Å². The Morgan fingerprint density at radius 3 is 2.67 bits per heavy atom. The summed E-state index contributed by atoms with van der Waals surface area (Å²) in [4.78, 5) is 9.78. The monoisotopic (exact) mass is 152 g/mol. The molecular formula is C3H6NO4S-. The van der Waals surface area contributed by atoms with Crippen LogP contribution < -0.4 is 5.73 Å². The number of nitrogens with two attached hydrogens (primary N) is 1. The van der Waals surface area contributed by atoms with Crippen molar-refractivity contribution in [2.45, 2.75) is 0 Å². The molecule has 0 saturated carbocycles. The van der Waals surface area contributed by atoms with E-state index in [1.165, 1.54) is 0 Å². The summed E-state index contributed by atoms with van der Waals surface area (Å²) < 4.78 is 23.6. The summed E-state index contributed by atoms with van der Waals surface area (Å²) in [5.74, 6) is -0.205. The van der Waals surface area contributed by atoms with Gasteiger partial charge in [-0.2, -0.15) is 0 Å². The second kappa shape index (κ2) is 4.28. The Hall–Kier alpha value is -0.620. The Morgan fingerprint density at radius 1 is 1.78 bits per heavy atom. The maximum absolute atomic E-state index is 9.78. The smallest absolute Gasteiger partial charge is 0.404 e. The molecule has 1 amide bonds. The lowest BCUT2D eigenvalue weighted by Crippen LogP contribution is -2.16. The minimum atomic E-state index is -2.16. The molecule has 0 aliphatic rings. The highest BCUT2D eigenvalue weighted by Crippen LogP contribution is 1.76. The van der Waals surface area contributed by atoms with Crippen LogP contribution >= 0.6 is 0 Å². The van der Waals surface area contributed by atoms with Gasteiger partial charge < -0.3 is 15.0 Å². The van der Waals surface area contributed by atoms with Gasteiger partial charge in [-0.15, -0.1) is 0 Å². The SMILES string of the molecule is NC(=O)OCCS(=O)[O-]. The van der Waals surface area contributed by atoms with E-state index in [9.17, 15) is 13.6 Å². The van der Waals surface area contributed by atoms with Crippen molar-refractivity contribution in [2.24, 2.45) is 5.73 Å². The molecular weight excluding hydrogens is 146 g/mol. The molecule has 5 nitrogen and oxygen atoms in total. The number of ether oxygens (including phenoxy) is 1. The van der Waals surface area contributed by atoms with Gasteiger partial charge in [0.2, 0.25) is 0 Å². The lowest BCUT2D eigenvalue weighted by molar-refractivity contribution is 0.163. The highest BCUT2D eigenvalue weighted by molar-refractivity contribution is 7.79. The van der Waals surface area contributed by atoms with Gasteiger partial charge in [0, 0.05) is 5.75 Å². The van der Waals surface area contributed by atoms with E-state index < -0.39 is 17.2 Å². The van der Waals surface area contributed by atoms with Gasteiger partial charge in [0.25, 0.3) is 0 Å². The van der Waals surface area contributed by atoms with Gasteiger partial charge in [-0.25, -0.2) is 4.79 Å². The zero-order valence-corrected chi connectivity index (χ0v) is 5.35. The van der Waals surface area contributed by atoms with Gasteiger partial charge in [0.15, 0.2) is 0 Å². The fraction of sp³-hybridized carbons (Fsp3) is 0.667. The summed E-state index contributed by atoms with van der Waals surface area (Å²) in [7, 11) is 0. The maximum Gasteiger partial charge on any atom is 0.404 e. The lowest BCUT2D eigenvalue weighted by atomic mass is 10.9. The van der Waals surface area contributed by atoms with Crippen LogP contribution in [0, 0.1) is 0 Å². The number of carbonyl (C=O) groups is 1. The Bertz CT molecular complexity index is 111. The second-order valence-corrected chi connectivity index (χ2v) is 2.19. The van der Waals surface area contributed by atoms with E-state index in [4.69, 9.17) is 0 Å². The van der Waals surface area contributed by atoms with Crippen LogP contribution in [0.3, 0.4) is 0 Å². The summed E-state index contributed by atoms with van der Waals surface area (Å²) in [5.41, 5.74) is 4.52. The van der Waals surface area contributed by atoms with Crippen molar-refractivity contribution in [3.63, 3.8) is 0 Å². The topological polar surface area (TPSA) is 92.5 Å². The van der Waals surface area contributed by atoms with E-state index in [0.717, 1.165) is 0 Å². The van der Waals surface area contributed by atoms with Crippen LogP contribution in [0.15, 0.2) is 0 Å². The average molecular weight is 152 g/mol. The first kappa shape index (κ1) is 8.38. The fourth-order valence-electron chi connectivity index (χ4n) is 0.210. The summed E-state index contributed by atoms with van der Waals surface area (Å²) in [6, 6.07) is 0. The molecule has 0 heterocycles. The van der Waals surface area contributed by atoms with Crippen molar-refractivity contribution in [2.75, 3.05) is 12.4 Å². The van der Waals surface area contributed by atoms with Gasteiger partial charge in [-0.3, -0.25) is 4.21 Å². The lowest BCUT2D eigenvalue weighted by Gasteiger charge is -2.02. The minimum Gasteiger partial charge on any atom is -0.772 e. The third-order valence-corrected chi connectivity index (χ3v) is 0.994. The highest BCUT2D eigenvalue weighted by Gasteiger charge is 1.90. The van der Waals surface area contributed by atoms with Gasteiger partial charge in [0.05, 0.1) is 0 Å². The minimum absolute atomic E-state index is 0.175. The van der Waals surface area contributed by atoms with Crippen molar-refractivity contribution in [3.8, 4) is 0 Å². The summed E-state index contributed by atoms with van der Waals surface area (Å²) in [5, 5.41) is 0. The van der Waals surface area contributed by atoms with Crippen LogP contribution in [0.25, 0.3) is 0 Å². The van der Waals surface area contributed by atoms with E-state index in [0.29, 0.717) is 0 Å². The summed E-state index contributed by atoms with van der Waals surface area (Å²) in [6.45, 7) is -0.175. The molecule has 9 heavy (non-hydrogen) atoms. The van der Waals surface area contributed by atoms with Gasteiger partial charge >= 0.3 is 6.09 Å². The molecule has 0 aliphatic heterocycles. The predicted molar refractivity (Wildman–Crippen MR) is 29.3 cm³/mol. The van der Waals surface area contributed by atoms with Crippen molar-refractivity contribution in [1.82, 2.24) is 0 Å². The molecule has 0 aliphatic carbocycles. The van der Waals surface area contributed by atoms with Gasteiger partial charge in [0.1, 0.15) is 6.61 Å². The molecule has 0 aromatic heterocycles. The highest BCUT2D eigenvalue weighted by atomic mass is 32.2. The molecule has 0 saturated heterocycles. The van der Waals surface area contributed by atoms with Crippen molar-refractivity contribution in [3.05, 3.63) is 0 Å². The van der Waals surface area contributed by atoms with Crippen molar-refractivity contribution < 1.29 is 18.3 Å². The number of rotatable bonds is 3. The van der Waals surface area contributed by atoms with E-state index in [1.54, 1.807) is 0 Å². The summed E-state index contributed by atoms with van der Waals surface area (Å²) >= 11 is -2.16. The Balaban J connectivity index is 3.10. The average Bonchev–Trinajstić information content (AvgIpc) is 1.63. The van der Waals surface area contributed by atoms with Gasteiger partial charge in [-0.05, 0) is 0 Å². The molecule has 0 aromatic rings. The largest absolute Gasteiger partial charge is 0.772 e. The normalized spacial score (nSPS) is 12.6.